The predicted molar refractivity (Wildman–Crippen MR) is 126 cm³/mol. The normalized spacial score (nSPS) is 34.5. The average molecular weight is 413 g/mol. The van der Waals surface area contributed by atoms with E-state index in [-0.39, 0.29) is 5.82 Å². The first kappa shape index (κ1) is 22.3. The van der Waals surface area contributed by atoms with E-state index < -0.39 is 0 Å². The zero-order valence-electron chi connectivity index (χ0n) is 19.5. The molecule has 1 aromatic carbocycles. The molecule has 3 saturated carbocycles. The van der Waals surface area contributed by atoms with Gasteiger partial charge in [0.25, 0.3) is 0 Å². The van der Waals surface area contributed by atoms with Gasteiger partial charge in [-0.15, -0.1) is 0 Å². The number of unbranched alkanes of at least 4 members (excludes halogenated alkanes) is 2. The zero-order chi connectivity index (χ0) is 20.8. The van der Waals surface area contributed by atoms with Crippen molar-refractivity contribution >= 4 is 0 Å². The zero-order valence-corrected chi connectivity index (χ0v) is 19.5. The number of hydrogen-bond donors (Lipinski definition) is 0. The van der Waals surface area contributed by atoms with E-state index in [4.69, 9.17) is 0 Å². The number of rotatable bonds is 8. The van der Waals surface area contributed by atoms with Gasteiger partial charge in [0.15, 0.2) is 0 Å². The fraction of sp³-hybridized carbons (Fsp3) is 0.793. The summed E-state index contributed by atoms with van der Waals surface area (Å²) in [6, 6.07) is 7.52. The molecule has 0 aliphatic heterocycles. The minimum absolute atomic E-state index is 0.0229. The molecule has 3 fully saturated rings. The Kier molecular flexibility index (Phi) is 8.30. The van der Waals surface area contributed by atoms with Crippen LogP contribution in [0, 0.1) is 35.4 Å². The van der Waals surface area contributed by atoms with Crippen molar-refractivity contribution in [3.63, 3.8) is 0 Å². The molecule has 0 bridgehead atoms. The van der Waals surface area contributed by atoms with Crippen molar-refractivity contribution in [3.05, 3.63) is 35.6 Å². The van der Waals surface area contributed by atoms with Crippen molar-refractivity contribution in [2.75, 3.05) is 0 Å². The summed E-state index contributed by atoms with van der Waals surface area (Å²) in [7, 11) is 0. The highest BCUT2D eigenvalue weighted by atomic mass is 19.1. The van der Waals surface area contributed by atoms with Gasteiger partial charge in [-0.05, 0) is 79.2 Å². The highest BCUT2D eigenvalue weighted by Gasteiger charge is 2.36. The minimum atomic E-state index is 0.0229. The van der Waals surface area contributed by atoms with Gasteiger partial charge in [-0.3, -0.25) is 0 Å². The maximum absolute atomic E-state index is 14.2. The molecule has 0 nitrogen and oxygen atoms in total. The molecule has 0 saturated heterocycles. The van der Waals surface area contributed by atoms with Crippen molar-refractivity contribution in [1.82, 2.24) is 0 Å². The lowest BCUT2D eigenvalue weighted by atomic mass is 9.63. The van der Waals surface area contributed by atoms with E-state index in [0.717, 1.165) is 35.2 Å². The predicted octanol–water partition coefficient (Wildman–Crippen LogP) is 9.29. The molecule has 0 radical (unpaired) electrons. The molecule has 0 N–H and O–H groups in total. The van der Waals surface area contributed by atoms with Gasteiger partial charge in [-0.2, -0.15) is 0 Å². The monoisotopic (exact) mass is 412 g/mol. The van der Waals surface area contributed by atoms with Crippen LogP contribution in [0.15, 0.2) is 24.3 Å². The van der Waals surface area contributed by atoms with E-state index >= 15 is 0 Å². The van der Waals surface area contributed by atoms with Crippen LogP contribution in [0.2, 0.25) is 0 Å². The van der Waals surface area contributed by atoms with E-state index in [0.29, 0.717) is 5.92 Å². The first-order chi connectivity index (χ1) is 14.7. The lowest BCUT2D eigenvalue weighted by Gasteiger charge is -2.43. The van der Waals surface area contributed by atoms with Crippen LogP contribution in [-0.2, 0) is 0 Å². The summed E-state index contributed by atoms with van der Waals surface area (Å²) in [6.07, 6.45) is 22.9. The Bertz CT molecular complexity index is 629. The number of fused-ring (bicyclic) bond motifs is 1. The fourth-order valence-corrected chi connectivity index (χ4v) is 7.30. The molecule has 30 heavy (non-hydrogen) atoms. The first-order valence-electron chi connectivity index (χ1n) is 13.5. The van der Waals surface area contributed by atoms with Gasteiger partial charge >= 0.3 is 0 Å². The Hall–Kier alpha value is -0.850. The van der Waals surface area contributed by atoms with E-state index in [9.17, 15) is 4.39 Å². The second-order valence-electron chi connectivity index (χ2n) is 11.2. The molecular formula is C29H45F. The highest BCUT2D eigenvalue weighted by Crippen LogP contribution is 2.49. The molecule has 1 aromatic rings. The quantitative estimate of drug-likeness (QED) is 0.373. The standard InChI is InChI=1S/C29H45F/c1-2-3-4-7-22-10-12-23(13-11-22)14-15-24-16-17-26-21-27(19-18-25(26)20-24)28-8-5-6-9-29(28)30/h5-6,8-9,22-27H,2-4,7,10-21H2,1H3. The Balaban J connectivity index is 1.16. The summed E-state index contributed by atoms with van der Waals surface area (Å²) in [5.41, 5.74) is 0.989. The van der Waals surface area contributed by atoms with Gasteiger partial charge < -0.3 is 0 Å². The Morgan fingerprint density at radius 2 is 1.33 bits per heavy atom. The Morgan fingerprint density at radius 1 is 0.700 bits per heavy atom. The van der Waals surface area contributed by atoms with Gasteiger partial charge in [0.1, 0.15) is 5.82 Å². The van der Waals surface area contributed by atoms with Crippen LogP contribution >= 0.6 is 0 Å². The maximum atomic E-state index is 14.2. The van der Waals surface area contributed by atoms with Gasteiger partial charge in [0, 0.05) is 0 Å². The van der Waals surface area contributed by atoms with Crippen LogP contribution < -0.4 is 0 Å². The summed E-state index contributed by atoms with van der Waals surface area (Å²) < 4.78 is 14.2. The number of hydrogen-bond acceptors (Lipinski definition) is 0. The average Bonchev–Trinajstić information content (AvgIpc) is 2.78. The smallest absolute Gasteiger partial charge is 0.126 e. The third kappa shape index (κ3) is 5.89. The largest absolute Gasteiger partial charge is 0.207 e. The van der Waals surface area contributed by atoms with Crippen molar-refractivity contribution in [2.24, 2.45) is 29.6 Å². The summed E-state index contributed by atoms with van der Waals surface area (Å²) in [5.74, 6) is 5.35. The second kappa shape index (κ2) is 11.1. The van der Waals surface area contributed by atoms with E-state index in [1.54, 1.807) is 6.07 Å². The van der Waals surface area contributed by atoms with E-state index in [1.807, 2.05) is 18.2 Å². The lowest BCUT2D eigenvalue weighted by molar-refractivity contribution is 0.108. The van der Waals surface area contributed by atoms with Crippen molar-refractivity contribution in [1.29, 1.82) is 0 Å². The minimum Gasteiger partial charge on any atom is -0.207 e. The molecule has 3 aliphatic carbocycles. The fourth-order valence-electron chi connectivity index (χ4n) is 7.30. The van der Waals surface area contributed by atoms with Crippen LogP contribution in [-0.4, -0.2) is 0 Å². The molecule has 4 unspecified atom stereocenters. The van der Waals surface area contributed by atoms with Crippen molar-refractivity contribution in [2.45, 2.75) is 116 Å². The third-order valence-electron chi connectivity index (χ3n) is 9.23. The molecule has 168 valence electrons. The van der Waals surface area contributed by atoms with Crippen molar-refractivity contribution < 1.29 is 4.39 Å². The van der Waals surface area contributed by atoms with Crippen LogP contribution in [0.5, 0.6) is 0 Å². The molecule has 0 aromatic heterocycles. The van der Waals surface area contributed by atoms with Gasteiger partial charge in [0.05, 0.1) is 0 Å². The SMILES string of the molecule is CCCCCC1CCC(CCC2CCC3CC(c4ccccc4F)CCC3C2)CC1. The molecule has 4 atom stereocenters. The van der Waals surface area contributed by atoms with Gasteiger partial charge in [-0.1, -0.05) is 95.8 Å². The summed E-state index contributed by atoms with van der Waals surface area (Å²) in [4.78, 5) is 0. The van der Waals surface area contributed by atoms with E-state index in [1.165, 1.54) is 103 Å². The van der Waals surface area contributed by atoms with Crippen molar-refractivity contribution in [3.8, 4) is 0 Å². The van der Waals surface area contributed by atoms with Crippen LogP contribution in [0.1, 0.15) is 121 Å². The summed E-state index contributed by atoms with van der Waals surface area (Å²) >= 11 is 0. The summed E-state index contributed by atoms with van der Waals surface area (Å²) in [6.45, 7) is 2.32. The van der Waals surface area contributed by atoms with E-state index in [2.05, 4.69) is 6.92 Å². The summed E-state index contributed by atoms with van der Waals surface area (Å²) in [5, 5.41) is 0. The second-order valence-corrected chi connectivity index (χ2v) is 11.2. The molecular weight excluding hydrogens is 367 g/mol. The highest BCUT2D eigenvalue weighted by molar-refractivity contribution is 5.22. The Morgan fingerprint density at radius 3 is 2.10 bits per heavy atom. The maximum Gasteiger partial charge on any atom is 0.126 e. The third-order valence-corrected chi connectivity index (χ3v) is 9.23. The molecule has 0 spiro atoms. The molecule has 0 heterocycles. The van der Waals surface area contributed by atoms with Crippen LogP contribution in [0.3, 0.4) is 0 Å². The number of benzene rings is 1. The van der Waals surface area contributed by atoms with Gasteiger partial charge in [-0.25, -0.2) is 4.39 Å². The molecule has 0 amide bonds. The van der Waals surface area contributed by atoms with Gasteiger partial charge in [0.2, 0.25) is 0 Å². The van der Waals surface area contributed by atoms with Crippen LogP contribution in [0.25, 0.3) is 0 Å². The molecule has 1 heteroatoms. The number of halogens is 1. The molecule has 3 aliphatic rings. The topological polar surface area (TPSA) is 0 Å². The first-order valence-corrected chi connectivity index (χ1v) is 13.5. The Labute approximate surface area is 185 Å². The lowest BCUT2D eigenvalue weighted by Crippen LogP contribution is -2.31. The molecule has 4 rings (SSSR count). The van der Waals surface area contributed by atoms with Crippen LogP contribution in [0.4, 0.5) is 4.39 Å².